The molecule has 0 N–H and O–H groups in total. The van der Waals surface area contributed by atoms with Gasteiger partial charge >= 0.3 is 5.82 Å². The highest BCUT2D eigenvalue weighted by Gasteiger charge is 2.34. The van der Waals surface area contributed by atoms with Gasteiger partial charge in [-0.25, -0.2) is 5.01 Å². The molecular formula is C23H22N4O6S. The maximum atomic E-state index is 13.2. The Kier molecular flexibility index (Phi) is 6.73. The summed E-state index contributed by atoms with van der Waals surface area (Å²) in [4.78, 5) is 28.7. The van der Waals surface area contributed by atoms with Crippen molar-refractivity contribution in [3.63, 3.8) is 0 Å². The number of methoxy groups -OCH3 is 2. The van der Waals surface area contributed by atoms with E-state index in [9.17, 15) is 14.9 Å². The number of carbonyl (C=O) groups excluding carboxylic acids is 1. The molecule has 3 heterocycles. The monoisotopic (exact) mass is 482 g/mol. The quantitative estimate of drug-likeness (QED) is 0.350. The lowest BCUT2D eigenvalue weighted by atomic mass is 10.0. The number of hydrazone groups is 1. The van der Waals surface area contributed by atoms with Gasteiger partial charge in [0.2, 0.25) is 5.75 Å². The van der Waals surface area contributed by atoms with Crippen LogP contribution in [0.1, 0.15) is 28.6 Å². The van der Waals surface area contributed by atoms with E-state index in [2.05, 4.69) is 10.1 Å². The zero-order valence-electron chi connectivity index (χ0n) is 18.8. The zero-order valence-corrected chi connectivity index (χ0v) is 19.6. The molecule has 0 spiro atoms. The minimum absolute atomic E-state index is 0.0757. The van der Waals surface area contributed by atoms with Gasteiger partial charge in [-0.05, 0) is 51.2 Å². The largest absolute Gasteiger partial charge is 0.493 e. The fourth-order valence-electron chi connectivity index (χ4n) is 3.63. The summed E-state index contributed by atoms with van der Waals surface area (Å²) in [6.07, 6.45) is 0.494. The zero-order chi connectivity index (χ0) is 24.2. The number of pyridine rings is 1. The van der Waals surface area contributed by atoms with Crippen molar-refractivity contribution < 1.29 is 23.9 Å². The lowest BCUT2D eigenvalue weighted by Crippen LogP contribution is -2.31. The summed E-state index contributed by atoms with van der Waals surface area (Å²) in [6, 6.07) is 11.9. The van der Waals surface area contributed by atoms with Crippen LogP contribution in [0.2, 0.25) is 0 Å². The van der Waals surface area contributed by atoms with Crippen molar-refractivity contribution in [1.29, 1.82) is 0 Å². The van der Waals surface area contributed by atoms with Crippen LogP contribution in [0.4, 0.5) is 5.82 Å². The van der Waals surface area contributed by atoms with Crippen molar-refractivity contribution in [2.24, 2.45) is 5.10 Å². The molecule has 0 saturated carbocycles. The smallest absolute Gasteiger partial charge is 0.406 e. The molecule has 0 unspecified atom stereocenters. The molecule has 4 rings (SSSR count). The van der Waals surface area contributed by atoms with Gasteiger partial charge in [0, 0.05) is 13.3 Å². The Morgan fingerprint density at radius 2 is 1.94 bits per heavy atom. The van der Waals surface area contributed by atoms with Gasteiger partial charge in [-0.2, -0.15) is 5.10 Å². The molecular weight excluding hydrogens is 460 g/mol. The van der Waals surface area contributed by atoms with Gasteiger partial charge in [0.05, 0.1) is 30.9 Å². The summed E-state index contributed by atoms with van der Waals surface area (Å²) in [5, 5.41) is 19.2. The number of carbonyl (C=O) groups is 1. The Morgan fingerprint density at radius 1 is 1.18 bits per heavy atom. The summed E-state index contributed by atoms with van der Waals surface area (Å²) in [7, 11) is 3.10. The topological polar surface area (TPSA) is 116 Å². The van der Waals surface area contributed by atoms with Crippen molar-refractivity contribution in [2.45, 2.75) is 19.4 Å². The predicted octanol–water partition coefficient (Wildman–Crippen LogP) is 4.13. The standard InChI is InChI=1S/C23H22N4O6S/c1-14-6-8-19(23(24-14)27(29)30)33-13-22(28)26-17(12-16(25-26)21-5-4-10-34-21)15-7-9-18(31-2)20(11-15)32-3/h4-11,17H,12-13H2,1-3H3/t17-/m1/s1. The van der Waals surface area contributed by atoms with Crippen LogP contribution in [-0.4, -0.2) is 47.4 Å². The SMILES string of the molecule is COc1ccc([C@H]2CC(c3cccs3)=NN2C(=O)COc2ccc(C)nc2[N+](=O)[O-])cc1OC. The van der Waals surface area contributed by atoms with Gasteiger partial charge in [0.1, 0.15) is 5.69 Å². The van der Waals surface area contributed by atoms with E-state index in [1.165, 1.54) is 22.4 Å². The molecule has 1 aromatic carbocycles. The third-order valence-corrected chi connectivity index (χ3v) is 6.19. The molecule has 1 atom stereocenters. The van der Waals surface area contributed by atoms with E-state index in [1.54, 1.807) is 33.3 Å². The first kappa shape index (κ1) is 23.2. The lowest BCUT2D eigenvalue weighted by molar-refractivity contribution is -0.390. The number of amides is 1. The normalized spacial score (nSPS) is 15.1. The average molecular weight is 483 g/mol. The molecule has 0 aliphatic carbocycles. The highest BCUT2D eigenvalue weighted by atomic mass is 32.1. The molecule has 3 aromatic rings. The number of thiophene rings is 1. The van der Waals surface area contributed by atoms with Crippen molar-refractivity contribution in [3.05, 3.63) is 74.1 Å². The van der Waals surface area contributed by atoms with Gasteiger partial charge in [0.25, 0.3) is 5.91 Å². The van der Waals surface area contributed by atoms with Gasteiger partial charge < -0.3 is 24.3 Å². The number of aryl methyl sites for hydroxylation is 1. The molecule has 2 aromatic heterocycles. The summed E-state index contributed by atoms with van der Waals surface area (Å²) < 4.78 is 16.3. The fourth-order valence-corrected chi connectivity index (χ4v) is 4.35. The maximum absolute atomic E-state index is 13.2. The predicted molar refractivity (Wildman–Crippen MR) is 126 cm³/mol. The van der Waals surface area contributed by atoms with Crippen LogP contribution in [0, 0.1) is 17.0 Å². The van der Waals surface area contributed by atoms with Crippen molar-refractivity contribution in [3.8, 4) is 17.2 Å². The van der Waals surface area contributed by atoms with Crippen LogP contribution in [-0.2, 0) is 4.79 Å². The summed E-state index contributed by atoms with van der Waals surface area (Å²) in [5.74, 6) is 0.154. The Hall–Kier alpha value is -3.99. The average Bonchev–Trinajstić information content (AvgIpc) is 3.52. The van der Waals surface area contributed by atoms with Crippen LogP contribution >= 0.6 is 11.3 Å². The third kappa shape index (κ3) is 4.69. The summed E-state index contributed by atoms with van der Waals surface area (Å²) in [5.41, 5.74) is 2.05. The van der Waals surface area contributed by atoms with E-state index in [0.29, 0.717) is 23.6 Å². The van der Waals surface area contributed by atoms with Gasteiger partial charge in [-0.15, -0.1) is 11.3 Å². The van der Waals surface area contributed by atoms with Crippen LogP contribution < -0.4 is 14.2 Å². The molecule has 0 bridgehead atoms. The van der Waals surface area contributed by atoms with Crippen LogP contribution in [0.5, 0.6) is 17.2 Å². The number of nitrogens with zero attached hydrogens (tertiary/aromatic N) is 4. The number of aromatic nitrogens is 1. The highest BCUT2D eigenvalue weighted by Crippen LogP contribution is 2.38. The number of nitro groups is 1. The van der Waals surface area contributed by atoms with Crippen LogP contribution in [0.25, 0.3) is 0 Å². The first-order chi connectivity index (χ1) is 16.4. The van der Waals surface area contributed by atoms with E-state index in [0.717, 1.165) is 16.2 Å². The molecule has 34 heavy (non-hydrogen) atoms. The minimum atomic E-state index is -0.637. The lowest BCUT2D eigenvalue weighted by Gasteiger charge is -2.23. The second-order valence-corrected chi connectivity index (χ2v) is 8.36. The molecule has 176 valence electrons. The molecule has 10 nitrogen and oxygen atoms in total. The second kappa shape index (κ2) is 9.87. The van der Waals surface area contributed by atoms with E-state index in [4.69, 9.17) is 14.2 Å². The minimum Gasteiger partial charge on any atom is -0.493 e. The summed E-state index contributed by atoms with van der Waals surface area (Å²) >= 11 is 1.53. The maximum Gasteiger partial charge on any atom is 0.406 e. The number of ether oxygens (including phenoxy) is 3. The molecule has 0 fully saturated rings. The Balaban J connectivity index is 1.61. The van der Waals surface area contributed by atoms with Gasteiger partial charge in [0.15, 0.2) is 18.1 Å². The molecule has 0 saturated heterocycles. The second-order valence-electron chi connectivity index (χ2n) is 7.42. The Labute approximate surface area is 199 Å². The van der Waals surface area contributed by atoms with Crippen LogP contribution in [0.15, 0.2) is 52.9 Å². The molecule has 11 heteroatoms. The van der Waals surface area contributed by atoms with E-state index in [-0.39, 0.29) is 5.75 Å². The van der Waals surface area contributed by atoms with E-state index >= 15 is 0 Å². The van der Waals surface area contributed by atoms with Crippen molar-refractivity contribution in [2.75, 3.05) is 20.8 Å². The Bertz CT molecular complexity index is 1240. The fraction of sp³-hybridized carbons (Fsp3) is 0.261. The number of hydrogen-bond acceptors (Lipinski definition) is 9. The number of benzene rings is 1. The summed E-state index contributed by atoms with van der Waals surface area (Å²) in [6.45, 7) is 1.21. The van der Waals surface area contributed by atoms with Crippen molar-refractivity contribution >= 4 is 28.8 Å². The van der Waals surface area contributed by atoms with Gasteiger partial charge in [-0.3, -0.25) is 4.79 Å². The molecule has 0 radical (unpaired) electrons. The van der Waals surface area contributed by atoms with Crippen LogP contribution in [0.3, 0.4) is 0 Å². The first-order valence-electron chi connectivity index (χ1n) is 10.3. The third-order valence-electron chi connectivity index (χ3n) is 5.27. The van der Waals surface area contributed by atoms with Crippen molar-refractivity contribution in [1.82, 2.24) is 9.99 Å². The number of hydrogen-bond donors (Lipinski definition) is 0. The molecule has 1 aliphatic rings. The van der Waals surface area contributed by atoms with E-state index in [1.807, 2.05) is 29.6 Å². The number of rotatable bonds is 8. The molecule has 1 aliphatic heterocycles. The highest BCUT2D eigenvalue weighted by molar-refractivity contribution is 7.12. The molecule has 1 amide bonds. The van der Waals surface area contributed by atoms with Gasteiger partial charge in [-0.1, -0.05) is 12.1 Å². The first-order valence-corrected chi connectivity index (χ1v) is 11.2. The van der Waals surface area contributed by atoms with E-state index < -0.39 is 29.3 Å². The Morgan fingerprint density at radius 3 is 2.62 bits per heavy atom.